The van der Waals surface area contributed by atoms with Gasteiger partial charge in [-0.1, -0.05) is 48.5 Å². The zero-order valence-electron chi connectivity index (χ0n) is 13.4. The summed E-state index contributed by atoms with van der Waals surface area (Å²) in [5, 5.41) is 13.1. The average molecular weight is 313 g/mol. The molecule has 2 aromatic carbocycles. The molecular formula is C19H23NO3. The summed E-state index contributed by atoms with van der Waals surface area (Å²) in [4.78, 5) is 11.8. The third kappa shape index (κ3) is 6.53. The van der Waals surface area contributed by atoms with Crippen LogP contribution in [0.3, 0.4) is 0 Å². The molecule has 0 aliphatic rings. The predicted molar refractivity (Wildman–Crippen MR) is 90.3 cm³/mol. The van der Waals surface area contributed by atoms with E-state index in [0.29, 0.717) is 12.2 Å². The molecule has 0 radical (unpaired) electrons. The topological polar surface area (TPSA) is 58.6 Å². The summed E-state index contributed by atoms with van der Waals surface area (Å²) in [6.45, 7) is 1.88. The molecule has 4 heteroatoms. The lowest BCUT2D eigenvalue weighted by atomic mass is 9.97. The van der Waals surface area contributed by atoms with Crippen molar-refractivity contribution < 1.29 is 14.6 Å². The van der Waals surface area contributed by atoms with Crippen molar-refractivity contribution in [2.75, 3.05) is 13.2 Å². The Morgan fingerprint density at radius 3 is 2.35 bits per heavy atom. The Morgan fingerprint density at radius 1 is 1.09 bits per heavy atom. The maximum atomic E-state index is 11.8. The number of hydrogen-bond acceptors (Lipinski definition) is 3. The molecule has 0 bridgehead atoms. The van der Waals surface area contributed by atoms with Gasteiger partial charge in [0.05, 0.1) is 5.60 Å². The van der Waals surface area contributed by atoms with Crippen molar-refractivity contribution in [3.8, 4) is 5.75 Å². The van der Waals surface area contributed by atoms with Crippen LogP contribution < -0.4 is 10.1 Å². The van der Waals surface area contributed by atoms with Gasteiger partial charge < -0.3 is 15.2 Å². The Kier molecular flexibility index (Phi) is 6.18. The van der Waals surface area contributed by atoms with E-state index in [0.717, 1.165) is 6.42 Å². The summed E-state index contributed by atoms with van der Waals surface area (Å²) in [7, 11) is 0. The van der Waals surface area contributed by atoms with Gasteiger partial charge in [-0.2, -0.15) is 0 Å². The number of ether oxygens (including phenoxy) is 1. The van der Waals surface area contributed by atoms with Crippen molar-refractivity contribution in [3.05, 3.63) is 66.2 Å². The van der Waals surface area contributed by atoms with E-state index in [2.05, 4.69) is 5.32 Å². The number of rotatable bonds is 8. The second-order valence-corrected chi connectivity index (χ2v) is 5.86. The van der Waals surface area contributed by atoms with Crippen molar-refractivity contribution in [2.24, 2.45) is 0 Å². The van der Waals surface area contributed by atoms with Crippen molar-refractivity contribution in [1.82, 2.24) is 5.32 Å². The number of carbonyl (C=O) groups is 1. The lowest BCUT2D eigenvalue weighted by molar-refractivity contribution is -0.124. The van der Waals surface area contributed by atoms with E-state index >= 15 is 0 Å². The average Bonchev–Trinajstić information content (AvgIpc) is 2.58. The molecule has 0 fully saturated rings. The van der Waals surface area contributed by atoms with Crippen LogP contribution in [0.15, 0.2) is 60.7 Å². The van der Waals surface area contributed by atoms with Gasteiger partial charge in [0.25, 0.3) is 5.91 Å². The van der Waals surface area contributed by atoms with Crippen LogP contribution in [0, 0.1) is 0 Å². The molecule has 0 heterocycles. The maximum Gasteiger partial charge on any atom is 0.258 e. The molecule has 0 aliphatic heterocycles. The van der Waals surface area contributed by atoms with E-state index in [1.165, 1.54) is 5.56 Å². The summed E-state index contributed by atoms with van der Waals surface area (Å²) >= 11 is 0. The van der Waals surface area contributed by atoms with Crippen LogP contribution in [-0.2, 0) is 11.2 Å². The van der Waals surface area contributed by atoms with Gasteiger partial charge in [0.1, 0.15) is 5.75 Å². The van der Waals surface area contributed by atoms with Gasteiger partial charge in [-0.05, 0) is 37.5 Å². The quantitative estimate of drug-likeness (QED) is 0.787. The number of para-hydroxylation sites is 1. The number of aryl methyl sites for hydroxylation is 1. The van der Waals surface area contributed by atoms with Gasteiger partial charge in [0.2, 0.25) is 0 Å². The van der Waals surface area contributed by atoms with Crippen LogP contribution in [0.2, 0.25) is 0 Å². The van der Waals surface area contributed by atoms with Crippen LogP contribution in [0.25, 0.3) is 0 Å². The number of amides is 1. The summed E-state index contributed by atoms with van der Waals surface area (Å²) in [5.74, 6) is 0.410. The number of nitrogens with one attached hydrogen (secondary N) is 1. The monoisotopic (exact) mass is 313 g/mol. The molecule has 23 heavy (non-hydrogen) atoms. The van der Waals surface area contributed by atoms with E-state index in [4.69, 9.17) is 4.74 Å². The van der Waals surface area contributed by atoms with Gasteiger partial charge >= 0.3 is 0 Å². The second kappa shape index (κ2) is 8.34. The molecule has 0 saturated heterocycles. The Bertz CT molecular complexity index is 597. The molecule has 1 amide bonds. The lowest BCUT2D eigenvalue weighted by Gasteiger charge is -2.23. The van der Waals surface area contributed by atoms with Gasteiger partial charge in [-0.25, -0.2) is 0 Å². The molecule has 1 unspecified atom stereocenters. The minimum absolute atomic E-state index is 0.0568. The molecule has 0 spiro atoms. The molecule has 1 atom stereocenters. The van der Waals surface area contributed by atoms with Crippen LogP contribution in [-0.4, -0.2) is 29.8 Å². The molecule has 0 aliphatic carbocycles. The first-order valence-electron chi connectivity index (χ1n) is 7.76. The van der Waals surface area contributed by atoms with Gasteiger partial charge in [0, 0.05) is 6.54 Å². The third-order valence-corrected chi connectivity index (χ3v) is 3.57. The predicted octanol–water partition coefficient (Wildman–Crippen LogP) is 2.57. The lowest BCUT2D eigenvalue weighted by Crippen LogP contribution is -2.42. The van der Waals surface area contributed by atoms with Crippen LogP contribution in [0.1, 0.15) is 18.9 Å². The zero-order chi connectivity index (χ0) is 16.5. The van der Waals surface area contributed by atoms with Crippen LogP contribution in [0.5, 0.6) is 5.75 Å². The van der Waals surface area contributed by atoms with Crippen molar-refractivity contribution in [2.45, 2.75) is 25.4 Å². The first-order valence-corrected chi connectivity index (χ1v) is 7.76. The number of carbonyl (C=O) groups excluding carboxylic acids is 1. The number of hydrogen-bond donors (Lipinski definition) is 2. The Hall–Kier alpha value is -2.33. The SMILES string of the molecule is CC(O)(CCc1ccccc1)CNC(=O)COc1ccccc1. The molecule has 2 N–H and O–H groups in total. The van der Waals surface area contributed by atoms with E-state index in [1.54, 1.807) is 19.1 Å². The second-order valence-electron chi connectivity index (χ2n) is 5.86. The minimum atomic E-state index is -0.946. The van der Waals surface area contributed by atoms with Gasteiger partial charge in [0.15, 0.2) is 6.61 Å². The van der Waals surface area contributed by atoms with E-state index < -0.39 is 5.60 Å². The highest BCUT2D eigenvalue weighted by Crippen LogP contribution is 2.13. The molecule has 2 aromatic rings. The van der Waals surface area contributed by atoms with E-state index in [1.807, 2.05) is 48.5 Å². The van der Waals surface area contributed by atoms with Gasteiger partial charge in [-0.15, -0.1) is 0 Å². The van der Waals surface area contributed by atoms with Crippen molar-refractivity contribution in [3.63, 3.8) is 0 Å². The largest absolute Gasteiger partial charge is 0.484 e. The highest BCUT2D eigenvalue weighted by atomic mass is 16.5. The van der Waals surface area contributed by atoms with E-state index in [9.17, 15) is 9.90 Å². The van der Waals surface area contributed by atoms with E-state index in [-0.39, 0.29) is 19.1 Å². The molecule has 0 saturated carbocycles. The molecule has 4 nitrogen and oxygen atoms in total. The van der Waals surface area contributed by atoms with Gasteiger partial charge in [-0.3, -0.25) is 4.79 Å². The summed E-state index contributed by atoms with van der Waals surface area (Å²) in [5.41, 5.74) is 0.227. The Morgan fingerprint density at radius 2 is 1.70 bits per heavy atom. The maximum absolute atomic E-state index is 11.8. The Labute approximate surface area is 137 Å². The molecule has 122 valence electrons. The summed E-state index contributed by atoms with van der Waals surface area (Å²) in [6, 6.07) is 19.2. The molecular weight excluding hydrogens is 290 g/mol. The van der Waals surface area contributed by atoms with Crippen LogP contribution >= 0.6 is 0 Å². The fraction of sp³-hybridized carbons (Fsp3) is 0.316. The normalized spacial score (nSPS) is 13.1. The summed E-state index contributed by atoms with van der Waals surface area (Å²) in [6.07, 6.45) is 1.35. The van der Waals surface area contributed by atoms with Crippen molar-refractivity contribution in [1.29, 1.82) is 0 Å². The Balaban J connectivity index is 1.69. The zero-order valence-corrected chi connectivity index (χ0v) is 13.4. The smallest absolute Gasteiger partial charge is 0.258 e. The minimum Gasteiger partial charge on any atom is -0.484 e. The summed E-state index contributed by atoms with van der Waals surface area (Å²) < 4.78 is 5.37. The molecule has 0 aromatic heterocycles. The molecule has 2 rings (SSSR count). The van der Waals surface area contributed by atoms with Crippen molar-refractivity contribution >= 4 is 5.91 Å². The first-order chi connectivity index (χ1) is 11.1. The highest BCUT2D eigenvalue weighted by molar-refractivity contribution is 5.77. The fourth-order valence-corrected chi connectivity index (χ4v) is 2.15. The number of aliphatic hydroxyl groups is 1. The number of benzene rings is 2. The highest BCUT2D eigenvalue weighted by Gasteiger charge is 2.21. The fourth-order valence-electron chi connectivity index (χ4n) is 2.15. The first kappa shape index (κ1) is 17.0. The standard InChI is InChI=1S/C19H23NO3/c1-19(22,13-12-16-8-4-2-5-9-16)15-20-18(21)14-23-17-10-6-3-7-11-17/h2-11,22H,12-15H2,1H3,(H,20,21). The third-order valence-electron chi connectivity index (χ3n) is 3.57. The van der Waals surface area contributed by atoms with Crippen LogP contribution in [0.4, 0.5) is 0 Å².